The summed E-state index contributed by atoms with van der Waals surface area (Å²) in [4.78, 5) is 18.2. The highest BCUT2D eigenvalue weighted by Gasteiger charge is 2.24. The summed E-state index contributed by atoms with van der Waals surface area (Å²) in [6.45, 7) is 2.01. The largest absolute Gasteiger partial charge is 0.376 e. The Morgan fingerprint density at radius 3 is 2.94 bits per heavy atom. The van der Waals surface area contributed by atoms with Crippen molar-refractivity contribution in [2.45, 2.75) is 50.8 Å². The van der Waals surface area contributed by atoms with Crippen molar-refractivity contribution in [3.8, 4) is 5.82 Å². The molecule has 4 aromatic rings. The van der Waals surface area contributed by atoms with Crippen molar-refractivity contribution < 1.29 is 9.13 Å². The predicted molar refractivity (Wildman–Crippen MR) is 115 cm³/mol. The summed E-state index contributed by atoms with van der Waals surface area (Å²) in [6, 6.07) is 4.64. The summed E-state index contributed by atoms with van der Waals surface area (Å²) in [5.41, 5.74) is 2.20. The summed E-state index contributed by atoms with van der Waals surface area (Å²) < 4.78 is 24.9. The van der Waals surface area contributed by atoms with Gasteiger partial charge in [0.2, 0.25) is 0 Å². The van der Waals surface area contributed by atoms with Crippen LogP contribution in [0.4, 0.5) is 4.39 Å². The van der Waals surface area contributed by atoms with Gasteiger partial charge >= 0.3 is 0 Å². The third-order valence-corrected chi connectivity index (χ3v) is 6.49. The zero-order valence-electron chi connectivity index (χ0n) is 17.6. The number of rotatable bonds is 4. The van der Waals surface area contributed by atoms with E-state index in [0.717, 1.165) is 44.3 Å². The molecule has 166 valence electrons. The maximum atomic E-state index is 14.1. The van der Waals surface area contributed by atoms with Gasteiger partial charge in [0, 0.05) is 6.61 Å². The van der Waals surface area contributed by atoms with E-state index in [-0.39, 0.29) is 23.5 Å². The van der Waals surface area contributed by atoms with Crippen molar-refractivity contribution in [1.29, 1.82) is 0 Å². The van der Waals surface area contributed by atoms with Crippen LogP contribution in [0.5, 0.6) is 0 Å². The Hall–Kier alpha value is -3.11. The molecule has 0 saturated carbocycles. The van der Waals surface area contributed by atoms with E-state index in [0.29, 0.717) is 35.5 Å². The van der Waals surface area contributed by atoms with Crippen molar-refractivity contribution in [1.82, 2.24) is 34.3 Å². The maximum absolute atomic E-state index is 14.1. The minimum Gasteiger partial charge on any atom is -0.376 e. The Labute approximate surface area is 182 Å². The van der Waals surface area contributed by atoms with E-state index in [9.17, 15) is 9.18 Å². The molecule has 2 aliphatic rings. The van der Waals surface area contributed by atoms with E-state index in [4.69, 9.17) is 4.74 Å². The van der Waals surface area contributed by atoms with Gasteiger partial charge in [0.15, 0.2) is 11.3 Å². The molecule has 1 N–H and O–H groups in total. The molecular formula is C22H24FN7O2. The Morgan fingerprint density at radius 2 is 2.12 bits per heavy atom. The first-order valence-corrected chi connectivity index (χ1v) is 11.2. The molecule has 1 aromatic carbocycles. The summed E-state index contributed by atoms with van der Waals surface area (Å²) >= 11 is 0. The standard InChI is InChI=1S/C22H24FN7O2/c23-14-6-7-18-19(10-14)28(11-15-4-1-2-9-32-15)22(31)20-21(25-13-29(18)20)30-12-17(26-27-30)16-5-3-8-24-16/h6-7,10,12-13,15-16,24H,1-5,8-9,11H2. The van der Waals surface area contributed by atoms with Crippen LogP contribution in [0.2, 0.25) is 0 Å². The number of benzene rings is 1. The number of fused-ring (bicyclic) bond motifs is 3. The van der Waals surface area contributed by atoms with Crippen LogP contribution in [0.25, 0.3) is 22.4 Å². The summed E-state index contributed by atoms with van der Waals surface area (Å²) in [7, 11) is 0. The van der Waals surface area contributed by atoms with Gasteiger partial charge in [-0.25, -0.2) is 9.37 Å². The lowest BCUT2D eigenvalue weighted by molar-refractivity contribution is 0.00619. The first-order chi connectivity index (χ1) is 15.7. The molecule has 2 unspecified atom stereocenters. The van der Waals surface area contributed by atoms with E-state index in [2.05, 4.69) is 20.6 Å². The first kappa shape index (κ1) is 19.6. The third-order valence-electron chi connectivity index (χ3n) is 6.49. The first-order valence-electron chi connectivity index (χ1n) is 11.2. The molecule has 0 amide bonds. The average Bonchev–Trinajstić information content (AvgIpc) is 3.57. The van der Waals surface area contributed by atoms with Crippen LogP contribution < -0.4 is 10.9 Å². The number of imidazole rings is 1. The van der Waals surface area contributed by atoms with Crippen LogP contribution in [0.3, 0.4) is 0 Å². The molecule has 0 aliphatic carbocycles. The molecule has 2 atom stereocenters. The predicted octanol–water partition coefficient (Wildman–Crippen LogP) is 2.36. The zero-order valence-corrected chi connectivity index (χ0v) is 17.6. The minimum atomic E-state index is -0.389. The second-order valence-corrected chi connectivity index (χ2v) is 8.56. The van der Waals surface area contributed by atoms with Crippen molar-refractivity contribution in [2.24, 2.45) is 0 Å². The molecule has 6 rings (SSSR count). The van der Waals surface area contributed by atoms with Gasteiger partial charge in [0.25, 0.3) is 5.56 Å². The van der Waals surface area contributed by atoms with Crippen LogP contribution in [0.1, 0.15) is 43.8 Å². The minimum absolute atomic E-state index is 0.0758. The van der Waals surface area contributed by atoms with E-state index in [1.54, 1.807) is 26.0 Å². The highest BCUT2D eigenvalue weighted by molar-refractivity contribution is 5.81. The number of ether oxygens (including phenoxy) is 1. The van der Waals surface area contributed by atoms with Crippen molar-refractivity contribution in [2.75, 3.05) is 13.2 Å². The molecule has 2 fully saturated rings. The van der Waals surface area contributed by atoms with Crippen LogP contribution in [0.15, 0.2) is 35.5 Å². The fourth-order valence-corrected chi connectivity index (χ4v) is 4.85. The molecule has 32 heavy (non-hydrogen) atoms. The Morgan fingerprint density at radius 1 is 1.19 bits per heavy atom. The van der Waals surface area contributed by atoms with Crippen LogP contribution in [-0.4, -0.2) is 48.2 Å². The number of aromatic nitrogens is 6. The Bertz CT molecular complexity index is 1350. The third kappa shape index (κ3) is 3.21. The SMILES string of the molecule is O=c1c2c(-n3cc(C4CCCN4)nn3)ncn2c2ccc(F)cc2n1CC1CCCCO1. The second kappa shape index (κ2) is 7.79. The van der Waals surface area contributed by atoms with Gasteiger partial charge < -0.3 is 14.6 Å². The summed E-state index contributed by atoms with van der Waals surface area (Å²) in [5, 5.41) is 12.0. The smallest absolute Gasteiger partial charge is 0.279 e. The average molecular weight is 437 g/mol. The van der Waals surface area contributed by atoms with Gasteiger partial charge in [-0.05, 0) is 56.8 Å². The van der Waals surface area contributed by atoms with Crippen LogP contribution in [-0.2, 0) is 11.3 Å². The van der Waals surface area contributed by atoms with Gasteiger partial charge in [-0.3, -0.25) is 9.20 Å². The Balaban J connectivity index is 1.52. The van der Waals surface area contributed by atoms with Crippen LogP contribution >= 0.6 is 0 Å². The highest BCUT2D eigenvalue weighted by Crippen LogP contribution is 2.24. The number of halogens is 1. The highest BCUT2D eigenvalue weighted by atomic mass is 19.1. The van der Waals surface area contributed by atoms with Crippen molar-refractivity contribution in [3.05, 3.63) is 52.6 Å². The van der Waals surface area contributed by atoms with Crippen molar-refractivity contribution >= 4 is 16.6 Å². The normalized spacial score (nSPS) is 21.7. The number of nitrogens with one attached hydrogen (secondary N) is 1. The molecule has 9 nitrogen and oxygen atoms in total. The maximum Gasteiger partial charge on any atom is 0.279 e. The van der Waals surface area contributed by atoms with Crippen LogP contribution in [0, 0.1) is 5.82 Å². The number of hydrogen-bond donors (Lipinski definition) is 1. The monoisotopic (exact) mass is 437 g/mol. The van der Waals surface area contributed by atoms with E-state index in [1.807, 2.05) is 6.20 Å². The Kier molecular flexibility index (Phi) is 4.76. The van der Waals surface area contributed by atoms with E-state index >= 15 is 0 Å². The number of hydrogen-bond acceptors (Lipinski definition) is 6. The quantitative estimate of drug-likeness (QED) is 0.527. The summed E-state index contributed by atoms with van der Waals surface area (Å²) in [6.07, 6.45) is 8.40. The van der Waals surface area contributed by atoms with Gasteiger partial charge in [-0.2, -0.15) is 4.68 Å². The molecular weight excluding hydrogens is 413 g/mol. The van der Waals surface area contributed by atoms with Gasteiger partial charge in [0.1, 0.15) is 17.8 Å². The van der Waals surface area contributed by atoms with Gasteiger partial charge in [-0.1, -0.05) is 5.21 Å². The van der Waals surface area contributed by atoms with E-state index in [1.165, 1.54) is 12.1 Å². The number of nitrogens with zero attached hydrogens (tertiary/aromatic N) is 6. The molecule has 10 heteroatoms. The lowest BCUT2D eigenvalue weighted by atomic mass is 10.1. The fourth-order valence-electron chi connectivity index (χ4n) is 4.85. The molecule has 2 saturated heterocycles. The molecule has 2 aliphatic heterocycles. The lowest BCUT2D eigenvalue weighted by Crippen LogP contribution is -2.32. The zero-order chi connectivity index (χ0) is 21.7. The molecule has 3 aromatic heterocycles. The molecule has 0 bridgehead atoms. The fraction of sp³-hybridized carbons (Fsp3) is 0.455. The van der Waals surface area contributed by atoms with Crippen molar-refractivity contribution in [3.63, 3.8) is 0 Å². The van der Waals surface area contributed by atoms with E-state index < -0.39 is 0 Å². The second-order valence-electron chi connectivity index (χ2n) is 8.56. The summed E-state index contributed by atoms with van der Waals surface area (Å²) in [5.74, 6) is 0.0242. The van der Waals surface area contributed by atoms with Gasteiger partial charge in [-0.15, -0.1) is 5.10 Å². The topological polar surface area (TPSA) is 91.3 Å². The molecule has 0 radical (unpaired) electrons. The lowest BCUT2D eigenvalue weighted by Gasteiger charge is -2.24. The molecule has 0 spiro atoms. The molecule has 5 heterocycles. The van der Waals surface area contributed by atoms with Gasteiger partial charge in [0.05, 0.1) is 35.9 Å².